The highest BCUT2D eigenvalue weighted by molar-refractivity contribution is 5.85. The third kappa shape index (κ3) is 7.02. The van der Waals surface area contributed by atoms with E-state index in [9.17, 15) is 5.11 Å². The van der Waals surface area contributed by atoms with Gasteiger partial charge in [-0.2, -0.15) is 5.26 Å². The molecule has 0 heterocycles. The van der Waals surface area contributed by atoms with Gasteiger partial charge >= 0.3 is 0 Å². The van der Waals surface area contributed by atoms with E-state index >= 15 is 0 Å². The molecule has 0 aromatic heterocycles. The predicted molar refractivity (Wildman–Crippen MR) is 77.7 cm³/mol. The Labute approximate surface area is 120 Å². The molecule has 0 aliphatic heterocycles. The number of nitriles is 1. The van der Waals surface area contributed by atoms with Gasteiger partial charge in [-0.3, -0.25) is 0 Å². The average molecular weight is 285 g/mol. The number of aliphatic hydroxyl groups is 1. The first-order chi connectivity index (χ1) is 8.42. The van der Waals surface area contributed by atoms with E-state index in [1.165, 1.54) is 0 Å². The smallest absolute Gasteiger partial charge is 0.137 e. The number of para-hydroxylation sites is 1. The van der Waals surface area contributed by atoms with E-state index in [0.717, 1.165) is 0 Å². The van der Waals surface area contributed by atoms with E-state index in [2.05, 4.69) is 11.4 Å². The topological polar surface area (TPSA) is 65.3 Å². The van der Waals surface area contributed by atoms with Crippen molar-refractivity contribution in [1.82, 2.24) is 5.32 Å². The highest BCUT2D eigenvalue weighted by Gasteiger charge is 2.13. The molecule has 1 aromatic carbocycles. The molecule has 0 radical (unpaired) electrons. The molecule has 1 atom stereocenters. The monoisotopic (exact) mass is 284 g/mol. The molecule has 106 valence electrons. The van der Waals surface area contributed by atoms with Crippen molar-refractivity contribution >= 4 is 12.4 Å². The Morgan fingerprint density at radius 2 is 2.00 bits per heavy atom. The second-order valence-corrected chi connectivity index (χ2v) is 5.20. The van der Waals surface area contributed by atoms with E-state index < -0.39 is 6.10 Å². The van der Waals surface area contributed by atoms with Crippen LogP contribution in [-0.4, -0.2) is 29.9 Å². The van der Waals surface area contributed by atoms with Gasteiger partial charge in [0.15, 0.2) is 0 Å². The highest BCUT2D eigenvalue weighted by atomic mass is 35.5. The van der Waals surface area contributed by atoms with Gasteiger partial charge < -0.3 is 15.2 Å². The lowest BCUT2D eigenvalue weighted by atomic mass is 10.1. The molecule has 1 aromatic rings. The van der Waals surface area contributed by atoms with Crippen molar-refractivity contribution in [3.05, 3.63) is 29.8 Å². The van der Waals surface area contributed by atoms with Gasteiger partial charge in [0.2, 0.25) is 0 Å². The Balaban J connectivity index is 0.00000324. The fraction of sp³-hybridized carbons (Fsp3) is 0.500. The number of rotatable bonds is 5. The zero-order valence-electron chi connectivity index (χ0n) is 11.5. The molecular formula is C14H21ClN2O2. The molecule has 0 unspecified atom stereocenters. The number of nitrogens with one attached hydrogen (secondary N) is 1. The largest absolute Gasteiger partial charge is 0.489 e. The third-order valence-electron chi connectivity index (χ3n) is 2.31. The summed E-state index contributed by atoms with van der Waals surface area (Å²) in [5.41, 5.74) is 0.444. The average Bonchev–Trinajstić information content (AvgIpc) is 2.33. The maximum atomic E-state index is 9.77. The van der Waals surface area contributed by atoms with Gasteiger partial charge in [0.1, 0.15) is 24.5 Å². The summed E-state index contributed by atoms with van der Waals surface area (Å²) in [5, 5.41) is 21.8. The quantitative estimate of drug-likeness (QED) is 0.869. The van der Waals surface area contributed by atoms with Crippen LogP contribution in [0.25, 0.3) is 0 Å². The van der Waals surface area contributed by atoms with Crippen LogP contribution in [0.15, 0.2) is 24.3 Å². The van der Waals surface area contributed by atoms with Crippen molar-refractivity contribution in [3.8, 4) is 11.8 Å². The van der Waals surface area contributed by atoms with Crippen LogP contribution in [0.4, 0.5) is 0 Å². The Kier molecular flexibility index (Phi) is 7.47. The molecule has 4 nitrogen and oxygen atoms in total. The van der Waals surface area contributed by atoms with Gasteiger partial charge in [0.05, 0.1) is 5.56 Å². The molecule has 5 heteroatoms. The van der Waals surface area contributed by atoms with Crippen molar-refractivity contribution < 1.29 is 9.84 Å². The Morgan fingerprint density at radius 1 is 1.37 bits per heavy atom. The molecular weight excluding hydrogens is 264 g/mol. The lowest BCUT2D eigenvalue weighted by Gasteiger charge is -2.23. The van der Waals surface area contributed by atoms with E-state index in [1.807, 2.05) is 20.8 Å². The summed E-state index contributed by atoms with van der Waals surface area (Å²) in [6.45, 7) is 6.72. The summed E-state index contributed by atoms with van der Waals surface area (Å²) in [6, 6.07) is 9.05. The molecule has 1 rings (SSSR count). The van der Waals surface area contributed by atoms with Gasteiger partial charge in [-0.15, -0.1) is 12.4 Å². The van der Waals surface area contributed by atoms with Gasteiger partial charge in [0, 0.05) is 12.1 Å². The third-order valence-corrected chi connectivity index (χ3v) is 2.31. The number of β-amino-alcohol motifs (C(OH)–C–C–N with tert-alkyl or cyclic N) is 1. The van der Waals surface area contributed by atoms with Crippen LogP contribution in [0.1, 0.15) is 26.3 Å². The van der Waals surface area contributed by atoms with Crippen molar-refractivity contribution in [3.63, 3.8) is 0 Å². The second-order valence-electron chi connectivity index (χ2n) is 5.20. The molecule has 0 fully saturated rings. The van der Waals surface area contributed by atoms with E-state index in [4.69, 9.17) is 10.00 Å². The van der Waals surface area contributed by atoms with Crippen molar-refractivity contribution in [1.29, 1.82) is 5.26 Å². The van der Waals surface area contributed by atoms with Crippen LogP contribution in [0, 0.1) is 11.3 Å². The lowest BCUT2D eigenvalue weighted by molar-refractivity contribution is 0.0999. The van der Waals surface area contributed by atoms with Crippen LogP contribution in [0.5, 0.6) is 5.75 Å². The first-order valence-electron chi connectivity index (χ1n) is 5.97. The number of aliphatic hydroxyl groups excluding tert-OH is 1. The summed E-state index contributed by atoms with van der Waals surface area (Å²) >= 11 is 0. The van der Waals surface area contributed by atoms with Gasteiger partial charge in [-0.1, -0.05) is 12.1 Å². The molecule has 0 bridgehead atoms. The zero-order valence-corrected chi connectivity index (χ0v) is 12.3. The number of ether oxygens (including phenoxy) is 1. The van der Waals surface area contributed by atoms with Crippen LogP contribution in [0.2, 0.25) is 0 Å². The molecule has 0 amide bonds. The van der Waals surface area contributed by atoms with Crippen molar-refractivity contribution in [2.24, 2.45) is 0 Å². The Morgan fingerprint density at radius 3 is 2.58 bits per heavy atom. The van der Waals surface area contributed by atoms with Crippen LogP contribution >= 0.6 is 12.4 Å². The van der Waals surface area contributed by atoms with Crippen LogP contribution in [-0.2, 0) is 0 Å². The van der Waals surface area contributed by atoms with E-state index in [0.29, 0.717) is 17.9 Å². The molecule has 0 saturated carbocycles. The number of nitrogens with zero attached hydrogens (tertiary/aromatic N) is 1. The molecule has 2 N–H and O–H groups in total. The fourth-order valence-corrected chi connectivity index (χ4v) is 1.35. The number of hydrogen-bond donors (Lipinski definition) is 2. The van der Waals surface area contributed by atoms with Crippen LogP contribution < -0.4 is 10.1 Å². The fourth-order valence-electron chi connectivity index (χ4n) is 1.35. The van der Waals surface area contributed by atoms with Gasteiger partial charge in [-0.25, -0.2) is 0 Å². The second kappa shape index (κ2) is 8.00. The van der Waals surface area contributed by atoms with Gasteiger partial charge in [-0.05, 0) is 32.9 Å². The van der Waals surface area contributed by atoms with Crippen LogP contribution in [0.3, 0.4) is 0 Å². The molecule has 0 spiro atoms. The van der Waals surface area contributed by atoms with Gasteiger partial charge in [0.25, 0.3) is 0 Å². The molecule has 0 aliphatic rings. The summed E-state index contributed by atoms with van der Waals surface area (Å²) in [5.74, 6) is 0.509. The van der Waals surface area contributed by atoms with E-state index in [1.54, 1.807) is 24.3 Å². The number of halogens is 1. The standard InChI is InChI=1S/C14H20N2O2.ClH/c1-14(2,3)16-9-12(17)10-18-13-7-5-4-6-11(13)8-15;/h4-7,12,16-17H,9-10H2,1-3H3;1H/t12-;/m0./s1. The zero-order chi connectivity index (χ0) is 13.6. The SMILES string of the molecule is CC(C)(C)NC[C@H](O)COc1ccccc1C#N.Cl. The first-order valence-corrected chi connectivity index (χ1v) is 5.97. The summed E-state index contributed by atoms with van der Waals surface area (Å²) < 4.78 is 5.44. The Bertz CT molecular complexity index is 424. The first kappa shape index (κ1) is 17.7. The van der Waals surface area contributed by atoms with Crippen molar-refractivity contribution in [2.45, 2.75) is 32.4 Å². The number of hydrogen-bond acceptors (Lipinski definition) is 4. The summed E-state index contributed by atoms with van der Waals surface area (Å²) in [6.07, 6.45) is -0.601. The maximum absolute atomic E-state index is 9.77. The maximum Gasteiger partial charge on any atom is 0.137 e. The highest BCUT2D eigenvalue weighted by Crippen LogP contribution is 2.16. The molecule has 0 aliphatic carbocycles. The summed E-state index contributed by atoms with van der Waals surface area (Å²) in [7, 11) is 0. The Hall–Kier alpha value is -1.28. The summed E-state index contributed by atoms with van der Waals surface area (Å²) in [4.78, 5) is 0. The minimum Gasteiger partial charge on any atom is -0.489 e. The minimum atomic E-state index is -0.601. The molecule has 19 heavy (non-hydrogen) atoms. The predicted octanol–water partition coefficient (Wildman–Crippen LogP) is 2.11. The van der Waals surface area contributed by atoms with Crippen molar-refractivity contribution in [2.75, 3.05) is 13.2 Å². The lowest BCUT2D eigenvalue weighted by Crippen LogP contribution is -2.42. The normalized spacial score (nSPS) is 12.2. The van der Waals surface area contributed by atoms with E-state index in [-0.39, 0.29) is 24.6 Å². The molecule has 0 saturated heterocycles. The number of benzene rings is 1. The minimum absolute atomic E-state index is 0.